The van der Waals surface area contributed by atoms with Crippen LogP contribution < -0.4 is 0 Å². The van der Waals surface area contributed by atoms with E-state index in [2.05, 4.69) is 4.74 Å². The lowest BCUT2D eigenvalue weighted by Gasteiger charge is -2.03. The van der Waals surface area contributed by atoms with E-state index >= 15 is 0 Å². The van der Waals surface area contributed by atoms with Gasteiger partial charge >= 0.3 is 5.97 Å². The molecule has 1 N–H and O–H groups in total. The van der Waals surface area contributed by atoms with Crippen molar-refractivity contribution in [2.45, 2.75) is 6.42 Å². The van der Waals surface area contributed by atoms with Crippen LogP contribution in [0.1, 0.15) is 5.56 Å². The Labute approximate surface area is 78.9 Å². The lowest BCUT2D eigenvalue weighted by Crippen LogP contribution is -2.06. The van der Waals surface area contributed by atoms with Crippen LogP contribution in [0.2, 0.25) is 0 Å². The number of methoxy groups -OCH3 is 1. The van der Waals surface area contributed by atoms with Gasteiger partial charge in [0.2, 0.25) is 0 Å². The van der Waals surface area contributed by atoms with Gasteiger partial charge in [0, 0.05) is 11.6 Å². The summed E-state index contributed by atoms with van der Waals surface area (Å²) >= 11 is 0. The van der Waals surface area contributed by atoms with E-state index in [-0.39, 0.29) is 5.56 Å². The fourth-order valence-corrected chi connectivity index (χ4v) is 0.986. The highest BCUT2D eigenvalue weighted by Crippen LogP contribution is 2.21. The molecule has 76 valence electrons. The molecule has 0 saturated heterocycles. The van der Waals surface area contributed by atoms with Gasteiger partial charge < -0.3 is 9.84 Å². The highest BCUT2D eigenvalue weighted by molar-refractivity contribution is 5.72. The molecule has 0 radical (unpaired) electrons. The van der Waals surface area contributed by atoms with Gasteiger partial charge in [-0.05, 0) is 6.07 Å². The molecular formula is C9H8F2O3. The van der Waals surface area contributed by atoms with Crippen LogP contribution in [-0.2, 0) is 16.0 Å². The van der Waals surface area contributed by atoms with E-state index in [1.54, 1.807) is 0 Å². The van der Waals surface area contributed by atoms with E-state index in [1.807, 2.05) is 0 Å². The van der Waals surface area contributed by atoms with E-state index in [9.17, 15) is 13.6 Å². The van der Waals surface area contributed by atoms with Crippen molar-refractivity contribution in [3.8, 4) is 5.75 Å². The van der Waals surface area contributed by atoms with Gasteiger partial charge in [0.15, 0.2) is 11.6 Å². The number of hydrogen-bond acceptors (Lipinski definition) is 3. The number of esters is 1. The molecule has 3 nitrogen and oxygen atoms in total. The molecule has 0 fully saturated rings. The van der Waals surface area contributed by atoms with E-state index < -0.39 is 29.8 Å². The van der Waals surface area contributed by atoms with Gasteiger partial charge in [0.25, 0.3) is 0 Å². The van der Waals surface area contributed by atoms with Crippen LogP contribution in [0.15, 0.2) is 12.1 Å². The first-order chi connectivity index (χ1) is 6.54. The number of benzene rings is 1. The molecule has 0 aromatic heterocycles. The molecule has 0 aliphatic heterocycles. The molecule has 0 spiro atoms. The third-order valence-electron chi connectivity index (χ3n) is 1.66. The van der Waals surface area contributed by atoms with E-state index in [4.69, 9.17) is 5.11 Å². The Morgan fingerprint density at radius 2 is 2.14 bits per heavy atom. The highest BCUT2D eigenvalue weighted by atomic mass is 19.1. The number of ether oxygens (including phenoxy) is 1. The Morgan fingerprint density at radius 3 is 2.71 bits per heavy atom. The second-order valence-corrected chi connectivity index (χ2v) is 2.65. The molecule has 0 atom stereocenters. The van der Waals surface area contributed by atoms with Crippen molar-refractivity contribution < 1.29 is 23.4 Å². The van der Waals surface area contributed by atoms with Crippen LogP contribution >= 0.6 is 0 Å². The molecule has 0 amide bonds. The van der Waals surface area contributed by atoms with Gasteiger partial charge in [-0.25, -0.2) is 8.78 Å². The smallest absolute Gasteiger partial charge is 0.310 e. The Balaban J connectivity index is 3.02. The Hall–Kier alpha value is -1.65. The second-order valence-electron chi connectivity index (χ2n) is 2.65. The average Bonchev–Trinajstić information content (AvgIpc) is 2.13. The molecule has 0 unspecified atom stereocenters. The Bertz CT molecular complexity index is 363. The Kier molecular flexibility index (Phi) is 3.01. The van der Waals surface area contributed by atoms with Gasteiger partial charge in [0.05, 0.1) is 13.5 Å². The van der Waals surface area contributed by atoms with Crippen molar-refractivity contribution in [3.63, 3.8) is 0 Å². The maximum absolute atomic E-state index is 13.1. The second kappa shape index (κ2) is 4.04. The molecule has 0 heterocycles. The summed E-state index contributed by atoms with van der Waals surface area (Å²) < 4.78 is 30.0. The van der Waals surface area contributed by atoms with Crippen LogP contribution in [0.3, 0.4) is 0 Å². The number of carbonyl (C=O) groups excluding carboxylic acids is 1. The highest BCUT2D eigenvalue weighted by Gasteiger charge is 2.13. The normalized spacial score (nSPS) is 9.93. The quantitative estimate of drug-likeness (QED) is 0.737. The van der Waals surface area contributed by atoms with Crippen LogP contribution in [0.25, 0.3) is 0 Å². The summed E-state index contributed by atoms with van der Waals surface area (Å²) in [5.74, 6) is -3.32. The van der Waals surface area contributed by atoms with Crippen molar-refractivity contribution in [1.82, 2.24) is 0 Å². The zero-order chi connectivity index (χ0) is 10.7. The van der Waals surface area contributed by atoms with Gasteiger partial charge in [-0.3, -0.25) is 4.79 Å². The number of carbonyl (C=O) groups is 1. The van der Waals surface area contributed by atoms with Crippen LogP contribution in [-0.4, -0.2) is 18.2 Å². The molecule has 1 aromatic carbocycles. The molecule has 1 aromatic rings. The summed E-state index contributed by atoms with van der Waals surface area (Å²) in [4.78, 5) is 10.8. The van der Waals surface area contributed by atoms with Crippen LogP contribution in [0, 0.1) is 11.6 Å². The summed E-state index contributed by atoms with van der Waals surface area (Å²) in [6.07, 6.45) is -0.409. The standard InChI is InChI=1S/C9H8F2O3/c1-14-8(13)3-5-2-6(10)4-7(12)9(5)11/h2,4,12H,3H2,1H3. The molecule has 0 aliphatic carbocycles. The molecule has 0 aliphatic rings. The number of phenols is 1. The average molecular weight is 202 g/mol. The van der Waals surface area contributed by atoms with Gasteiger partial charge in [-0.1, -0.05) is 0 Å². The predicted molar refractivity (Wildman–Crippen MR) is 43.7 cm³/mol. The monoisotopic (exact) mass is 202 g/mol. The Morgan fingerprint density at radius 1 is 1.50 bits per heavy atom. The molecule has 0 saturated carbocycles. The van der Waals surface area contributed by atoms with Gasteiger partial charge in [0.1, 0.15) is 5.82 Å². The van der Waals surface area contributed by atoms with E-state index in [0.717, 1.165) is 13.2 Å². The summed E-state index contributed by atoms with van der Waals surface area (Å²) in [5, 5.41) is 8.90. The first-order valence-corrected chi connectivity index (χ1v) is 3.78. The van der Waals surface area contributed by atoms with E-state index in [0.29, 0.717) is 6.07 Å². The zero-order valence-corrected chi connectivity index (χ0v) is 7.38. The molecular weight excluding hydrogens is 194 g/mol. The lowest BCUT2D eigenvalue weighted by molar-refractivity contribution is -0.139. The lowest BCUT2D eigenvalue weighted by atomic mass is 10.1. The first kappa shape index (κ1) is 10.4. The van der Waals surface area contributed by atoms with Crippen molar-refractivity contribution in [1.29, 1.82) is 0 Å². The zero-order valence-electron chi connectivity index (χ0n) is 7.38. The van der Waals surface area contributed by atoms with Crippen molar-refractivity contribution in [3.05, 3.63) is 29.3 Å². The van der Waals surface area contributed by atoms with Crippen LogP contribution in [0.4, 0.5) is 8.78 Å². The summed E-state index contributed by atoms with van der Waals surface area (Å²) in [5.41, 5.74) is -0.227. The fraction of sp³-hybridized carbons (Fsp3) is 0.222. The minimum absolute atomic E-state index is 0.227. The largest absolute Gasteiger partial charge is 0.505 e. The van der Waals surface area contributed by atoms with Crippen molar-refractivity contribution in [2.75, 3.05) is 7.11 Å². The minimum Gasteiger partial charge on any atom is -0.505 e. The number of rotatable bonds is 2. The molecule has 14 heavy (non-hydrogen) atoms. The molecule has 1 rings (SSSR count). The molecule has 0 bridgehead atoms. The van der Waals surface area contributed by atoms with E-state index in [1.165, 1.54) is 0 Å². The van der Waals surface area contributed by atoms with Crippen molar-refractivity contribution >= 4 is 5.97 Å². The number of hydrogen-bond donors (Lipinski definition) is 1. The summed E-state index contributed by atoms with van der Waals surface area (Å²) in [6.45, 7) is 0. The first-order valence-electron chi connectivity index (χ1n) is 3.78. The van der Waals surface area contributed by atoms with Gasteiger partial charge in [-0.15, -0.1) is 0 Å². The SMILES string of the molecule is COC(=O)Cc1cc(F)cc(O)c1F. The molecule has 5 heteroatoms. The fourth-order valence-electron chi connectivity index (χ4n) is 0.986. The third kappa shape index (κ3) is 2.18. The minimum atomic E-state index is -1.00. The summed E-state index contributed by atoms with van der Waals surface area (Å²) in [7, 11) is 1.14. The van der Waals surface area contributed by atoms with Crippen LogP contribution in [0.5, 0.6) is 5.75 Å². The van der Waals surface area contributed by atoms with Gasteiger partial charge in [-0.2, -0.15) is 0 Å². The summed E-state index contributed by atoms with van der Waals surface area (Å²) in [6, 6.07) is 1.47. The maximum Gasteiger partial charge on any atom is 0.310 e. The predicted octanol–water partition coefficient (Wildman–Crippen LogP) is 1.39. The van der Waals surface area contributed by atoms with Crippen molar-refractivity contribution in [2.24, 2.45) is 0 Å². The third-order valence-corrected chi connectivity index (χ3v) is 1.66. The number of aromatic hydroxyl groups is 1. The number of phenolic OH excluding ortho intramolecular Hbond substituents is 1. The topological polar surface area (TPSA) is 46.5 Å². The maximum atomic E-state index is 13.1. The number of halogens is 2.